The minimum Gasteiger partial charge on any atom is -0.506 e. The number of benzene rings is 1. The Morgan fingerprint density at radius 3 is 3.00 bits per heavy atom. The summed E-state index contributed by atoms with van der Waals surface area (Å²) in [6.45, 7) is 0. The number of aryl methyl sites for hydroxylation is 1. The second-order valence-electron chi connectivity index (χ2n) is 2.86. The maximum atomic E-state index is 11.0. The zero-order chi connectivity index (χ0) is 8.55. The van der Waals surface area contributed by atoms with E-state index in [0.717, 1.165) is 12.0 Å². The third-order valence-corrected chi connectivity index (χ3v) is 2.01. The van der Waals surface area contributed by atoms with Crippen molar-refractivity contribution in [2.24, 2.45) is 0 Å². The summed E-state index contributed by atoms with van der Waals surface area (Å²) in [5, 5.41) is 12.0. The fourth-order valence-corrected chi connectivity index (χ4v) is 1.39. The largest absolute Gasteiger partial charge is 0.506 e. The highest BCUT2D eigenvalue weighted by atomic mass is 16.3. The molecule has 0 spiro atoms. The van der Waals surface area contributed by atoms with Gasteiger partial charge in [-0.2, -0.15) is 0 Å². The zero-order valence-electron chi connectivity index (χ0n) is 6.50. The zero-order valence-corrected chi connectivity index (χ0v) is 6.50. The number of fused-ring (bicyclic) bond motifs is 1. The van der Waals surface area contributed by atoms with Crippen LogP contribution in [0.5, 0.6) is 5.75 Å². The van der Waals surface area contributed by atoms with E-state index in [1.165, 1.54) is 0 Å². The van der Waals surface area contributed by atoms with Crippen LogP contribution in [0.25, 0.3) is 0 Å². The van der Waals surface area contributed by atoms with Crippen molar-refractivity contribution >= 4 is 11.6 Å². The average Bonchev–Trinajstić information content (AvgIpc) is 2.07. The molecule has 2 N–H and O–H groups in total. The predicted octanol–water partition coefficient (Wildman–Crippen LogP) is 1.28. The smallest absolute Gasteiger partial charge is 0.224 e. The highest BCUT2D eigenvalue weighted by Crippen LogP contribution is 2.30. The number of carbonyl (C=O) groups excluding carboxylic acids is 1. The van der Waals surface area contributed by atoms with Crippen molar-refractivity contribution in [2.75, 3.05) is 5.32 Å². The number of nitrogens with one attached hydrogen (secondary N) is 1. The van der Waals surface area contributed by atoms with Crippen molar-refractivity contribution in [3.63, 3.8) is 0 Å². The molecular weight excluding hydrogens is 154 g/mol. The monoisotopic (exact) mass is 163 g/mol. The summed E-state index contributed by atoms with van der Waals surface area (Å²) in [6.07, 6.45) is 1.23. The van der Waals surface area contributed by atoms with Gasteiger partial charge in [-0.15, -0.1) is 0 Å². The molecule has 1 aromatic rings. The molecule has 62 valence electrons. The lowest BCUT2D eigenvalue weighted by atomic mass is 10.0. The topological polar surface area (TPSA) is 49.3 Å². The number of carbonyl (C=O) groups is 1. The van der Waals surface area contributed by atoms with Crippen molar-refractivity contribution in [1.82, 2.24) is 0 Å². The number of para-hydroxylation sites is 1. The molecule has 0 saturated heterocycles. The Bertz CT molecular complexity index is 333. The third kappa shape index (κ3) is 1.03. The number of phenols is 1. The molecule has 0 radical (unpaired) electrons. The van der Waals surface area contributed by atoms with E-state index in [0.29, 0.717) is 12.1 Å². The first-order valence-electron chi connectivity index (χ1n) is 3.88. The molecule has 1 heterocycles. The van der Waals surface area contributed by atoms with Gasteiger partial charge in [0.05, 0.1) is 5.69 Å². The SMILES string of the molecule is O=C1CCc2cccc(O)c2N1. The van der Waals surface area contributed by atoms with Crippen LogP contribution in [0.4, 0.5) is 5.69 Å². The van der Waals surface area contributed by atoms with Crippen LogP contribution in [-0.2, 0) is 11.2 Å². The Labute approximate surface area is 70.0 Å². The molecule has 0 aromatic heterocycles. The number of anilines is 1. The summed E-state index contributed by atoms with van der Waals surface area (Å²) in [6, 6.07) is 5.27. The predicted molar refractivity (Wildman–Crippen MR) is 45.1 cm³/mol. The van der Waals surface area contributed by atoms with Crippen LogP contribution in [0.2, 0.25) is 0 Å². The first-order valence-corrected chi connectivity index (χ1v) is 3.88. The minimum atomic E-state index is -0.0241. The molecule has 0 bridgehead atoms. The lowest BCUT2D eigenvalue weighted by Crippen LogP contribution is -2.18. The Kier molecular flexibility index (Phi) is 1.50. The Balaban J connectivity index is 2.50. The van der Waals surface area contributed by atoms with E-state index in [1.54, 1.807) is 12.1 Å². The number of phenolic OH excluding ortho intramolecular Hbond substituents is 1. The summed E-state index contributed by atoms with van der Waals surface area (Å²) >= 11 is 0. The molecule has 0 fully saturated rings. The Morgan fingerprint density at radius 1 is 1.33 bits per heavy atom. The second-order valence-corrected chi connectivity index (χ2v) is 2.86. The standard InChI is InChI=1S/C9H9NO2/c11-7-3-1-2-6-4-5-8(12)10-9(6)7/h1-3,11H,4-5H2,(H,10,12). The molecule has 0 saturated carbocycles. The molecule has 0 aliphatic carbocycles. The van der Waals surface area contributed by atoms with Crippen molar-refractivity contribution in [1.29, 1.82) is 0 Å². The molecule has 1 amide bonds. The van der Waals surface area contributed by atoms with Gasteiger partial charge in [-0.25, -0.2) is 0 Å². The second kappa shape index (κ2) is 2.52. The molecule has 3 nitrogen and oxygen atoms in total. The van der Waals surface area contributed by atoms with Crippen LogP contribution in [-0.4, -0.2) is 11.0 Å². The van der Waals surface area contributed by atoms with Crippen molar-refractivity contribution in [2.45, 2.75) is 12.8 Å². The Morgan fingerprint density at radius 2 is 2.17 bits per heavy atom. The molecule has 0 atom stereocenters. The minimum absolute atomic E-state index is 0.0241. The van der Waals surface area contributed by atoms with Crippen LogP contribution >= 0.6 is 0 Å². The van der Waals surface area contributed by atoms with E-state index in [-0.39, 0.29) is 11.7 Å². The molecule has 2 rings (SSSR count). The van der Waals surface area contributed by atoms with E-state index >= 15 is 0 Å². The molecule has 1 aliphatic heterocycles. The van der Waals surface area contributed by atoms with Gasteiger partial charge in [0, 0.05) is 6.42 Å². The number of hydrogen-bond acceptors (Lipinski definition) is 2. The van der Waals surface area contributed by atoms with Crippen LogP contribution in [0.15, 0.2) is 18.2 Å². The fraction of sp³-hybridized carbons (Fsp3) is 0.222. The van der Waals surface area contributed by atoms with E-state index in [4.69, 9.17) is 0 Å². The van der Waals surface area contributed by atoms with Crippen LogP contribution in [0, 0.1) is 0 Å². The molecule has 12 heavy (non-hydrogen) atoms. The first kappa shape index (κ1) is 7.16. The van der Waals surface area contributed by atoms with Gasteiger partial charge in [0.1, 0.15) is 5.75 Å². The highest BCUT2D eigenvalue weighted by molar-refractivity contribution is 5.95. The van der Waals surface area contributed by atoms with E-state index in [9.17, 15) is 9.90 Å². The van der Waals surface area contributed by atoms with Gasteiger partial charge >= 0.3 is 0 Å². The summed E-state index contributed by atoms with van der Waals surface area (Å²) in [5.74, 6) is 0.129. The number of rotatable bonds is 0. The number of amides is 1. The van der Waals surface area contributed by atoms with Gasteiger partial charge in [-0.05, 0) is 18.1 Å². The van der Waals surface area contributed by atoms with E-state index < -0.39 is 0 Å². The molecule has 3 heteroatoms. The van der Waals surface area contributed by atoms with Gasteiger partial charge in [-0.3, -0.25) is 4.79 Å². The summed E-state index contributed by atoms with van der Waals surface area (Å²) in [7, 11) is 0. The van der Waals surface area contributed by atoms with Gasteiger partial charge in [0.2, 0.25) is 5.91 Å². The lowest BCUT2D eigenvalue weighted by molar-refractivity contribution is -0.116. The van der Waals surface area contributed by atoms with Crippen LogP contribution in [0.1, 0.15) is 12.0 Å². The van der Waals surface area contributed by atoms with Gasteiger partial charge in [0.25, 0.3) is 0 Å². The molecule has 1 aliphatic rings. The van der Waals surface area contributed by atoms with Gasteiger partial charge in [-0.1, -0.05) is 12.1 Å². The first-order chi connectivity index (χ1) is 5.77. The summed E-state index contributed by atoms with van der Waals surface area (Å²) < 4.78 is 0. The Hall–Kier alpha value is -1.51. The van der Waals surface area contributed by atoms with Gasteiger partial charge in [0.15, 0.2) is 0 Å². The number of hydrogen-bond donors (Lipinski definition) is 2. The molecule has 1 aromatic carbocycles. The van der Waals surface area contributed by atoms with Crippen molar-refractivity contribution < 1.29 is 9.90 Å². The maximum Gasteiger partial charge on any atom is 0.224 e. The van der Waals surface area contributed by atoms with E-state index in [2.05, 4.69) is 5.32 Å². The van der Waals surface area contributed by atoms with Gasteiger partial charge < -0.3 is 10.4 Å². The fourth-order valence-electron chi connectivity index (χ4n) is 1.39. The van der Waals surface area contributed by atoms with Crippen LogP contribution in [0.3, 0.4) is 0 Å². The third-order valence-electron chi connectivity index (χ3n) is 2.01. The summed E-state index contributed by atoms with van der Waals surface area (Å²) in [4.78, 5) is 11.0. The number of aromatic hydroxyl groups is 1. The van der Waals surface area contributed by atoms with Crippen molar-refractivity contribution in [3.8, 4) is 5.75 Å². The average molecular weight is 163 g/mol. The highest BCUT2D eigenvalue weighted by Gasteiger charge is 2.16. The lowest BCUT2D eigenvalue weighted by Gasteiger charge is -2.16. The van der Waals surface area contributed by atoms with Crippen molar-refractivity contribution in [3.05, 3.63) is 23.8 Å². The quantitative estimate of drug-likeness (QED) is 0.566. The summed E-state index contributed by atoms with van der Waals surface area (Å²) in [5.41, 5.74) is 1.59. The van der Waals surface area contributed by atoms with Crippen LogP contribution < -0.4 is 5.32 Å². The normalized spacial score (nSPS) is 15.2. The molecular formula is C9H9NO2. The molecule has 0 unspecified atom stereocenters. The van der Waals surface area contributed by atoms with E-state index in [1.807, 2.05) is 6.07 Å². The maximum absolute atomic E-state index is 11.0.